The summed E-state index contributed by atoms with van der Waals surface area (Å²) in [5.74, 6) is 6.29. The van der Waals surface area contributed by atoms with Crippen molar-refractivity contribution in [3.05, 3.63) is 12.2 Å². The van der Waals surface area contributed by atoms with E-state index < -0.39 is 0 Å². The first kappa shape index (κ1) is 53.1. The number of aliphatic hydroxyl groups is 1. The van der Waals surface area contributed by atoms with Gasteiger partial charge in [-0.2, -0.15) is 0 Å². The van der Waals surface area contributed by atoms with Crippen LogP contribution in [0.15, 0.2) is 12.2 Å². The Hall–Kier alpha value is -1.92. The number of esters is 2. The van der Waals surface area contributed by atoms with Gasteiger partial charge in [-0.05, 0) is 77.3 Å². The highest BCUT2D eigenvalue weighted by atomic mass is 16.7. The fraction of sp³-hybridized carbons (Fsp3) is 0.872. The molecule has 0 rings (SSSR count). The van der Waals surface area contributed by atoms with Gasteiger partial charge in [0, 0.05) is 32.2 Å². The number of unbranched alkanes of at least 4 members (excludes halogenated alkanes) is 19. The number of carbonyl (C=O) groups excluding carboxylic acids is 2. The van der Waals surface area contributed by atoms with Gasteiger partial charge in [-0.3, -0.25) is 9.59 Å². The second kappa shape index (κ2) is 44.8. The van der Waals surface area contributed by atoms with Gasteiger partial charge in [-0.1, -0.05) is 129 Å². The third kappa shape index (κ3) is 41.5. The van der Waals surface area contributed by atoms with Crippen molar-refractivity contribution in [2.75, 3.05) is 52.7 Å². The van der Waals surface area contributed by atoms with Crippen LogP contribution in [0.2, 0.25) is 0 Å². The van der Waals surface area contributed by atoms with Crippen LogP contribution in [-0.2, 0) is 28.5 Å². The number of ether oxygens (including phenoxy) is 4. The smallest absolute Gasteiger partial charge is 0.305 e. The molecular formula is C47H87NO7. The first-order valence-corrected chi connectivity index (χ1v) is 23.1. The monoisotopic (exact) mass is 778 g/mol. The van der Waals surface area contributed by atoms with Crippen LogP contribution in [0.25, 0.3) is 0 Å². The molecule has 8 nitrogen and oxygen atoms in total. The Bertz CT molecular complexity index is 915. The van der Waals surface area contributed by atoms with Crippen LogP contribution in [0.5, 0.6) is 0 Å². The van der Waals surface area contributed by atoms with Crippen LogP contribution < -0.4 is 0 Å². The number of aliphatic hydroxyl groups excluding tert-OH is 1. The molecule has 8 heteroatoms. The zero-order valence-electron chi connectivity index (χ0n) is 36.2. The van der Waals surface area contributed by atoms with Crippen LogP contribution in [0.1, 0.15) is 207 Å². The fourth-order valence-corrected chi connectivity index (χ4v) is 6.33. The van der Waals surface area contributed by atoms with E-state index in [4.69, 9.17) is 18.9 Å². The summed E-state index contributed by atoms with van der Waals surface area (Å²) < 4.78 is 22.9. The predicted octanol–water partition coefficient (Wildman–Crippen LogP) is 11.7. The van der Waals surface area contributed by atoms with Gasteiger partial charge in [0.15, 0.2) is 6.29 Å². The molecule has 1 N–H and O–H groups in total. The van der Waals surface area contributed by atoms with E-state index in [2.05, 4.69) is 49.7 Å². The van der Waals surface area contributed by atoms with E-state index in [1.807, 2.05) is 0 Å². The van der Waals surface area contributed by atoms with Crippen molar-refractivity contribution >= 4 is 11.9 Å². The minimum Gasteiger partial charge on any atom is -0.466 e. The molecule has 1 unspecified atom stereocenters. The molecule has 0 aliphatic heterocycles. The van der Waals surface area contributed by atoms with Gasteiger partial charge >= 0.3 is 11.9 Å². The van der Waals surface area contributed by atoms with Gasteiger partial charge in [-0.15, -0.1) is 11.8 Å². The Balaban J connectivity index is 3.95. The average Bonchev–Trinajstić information content (AvgIpc) is 3.18. The summed E-state index contributed by atoms with van der Waals surface area (Å²) in [4.78, 5) is 26.6. The molecule has 0 aromatic rings. The molecule has 55 heavy (non-hydrogen) atoms. The van der Waals surface area contributed by atoms with E-state index in [-0.39, 0.29) is 24.8 Å². The van der Waals surface area contributed by atoms with E-state index in [0.29, 0.717) is 52.2 Å². The summed E-state index contributed by atoms with van der Waals surface area (Å²) in [6, 6.07) is 0. The Morgan fingerprint density at radius 2 is 1.07 bits per heavy atom. The third-order valence-electron chi connectivity index (χ3n) is 9.82. The number of carbonyl (C=O) groups is 2. The highest BCUT2D eigenvalue weighted by Crippen LogP contribution is 2.12. The topological polar surface area (TPSA) is 94.5 Å². The van der Waals surface area contributed by atoms with Gasteiger partial charge in [0.05, 0.1) is 33.0 Å². The lowest BCUT2D eigenvalue weighted by atomic mass is 10.1. The molecule has 0 aromatic heterocycles. The first-order valence-electron chi connectivity index (χ1n) is 23.1. The molecular weight excluding hydrogens is 691 g/mol. The number of hydrogen-bond donors (Lipinski definition) is 1. The quantitative estimate of drug-likeness (QED) is 0.0215. The molecule has 0 spiro atoms. The molecule has 0 radical (unpaired) electrons. The van der Waals surface area contributed by atoms with Crippen LogP contribution in [0.3, 0.4) is 0 Å². The van der Waals surface area contributed by atoms with E-state index >= 15 is 0 Å². The molecule has 0 bridgehead atoms. The first-order chi connectivity index (χ1) is 27.1. The second-order valence-electron chi connectivity index (χ2n) is 15.1. The van der Waals surface area contributed by atoms with Crippen molar-refractivity contribution in [2.45, 2.75) is 213 Å². The standard InChI is InChI=1S/C47H87NO7/c1-4-7-10-13-15-22-30-41-52-45(50)34-25-18-17-19-28-37-48(39-40-49)38-29-20-24-31-42-53-46(51)35-26-27-36-47(54-43-32-21-12-9-6-3)55-44-33-23-16-14-11-8-5-2/h21,32,47,49H,4-15,17-20,22,24-31,33-44H2,1-3H3/b32-21+. The van der Waals surface area contributed by atoms with Gasteiger partial charge in [-0.25, -0.2) is 0 Å². The molecule has 0 aromatic carbocycles. The highest BCUT2D eigenvalue weighted by molar-refractivity contribution is 5.69. The minimum atomic E-state index is -0.278. The number of rotatable bonds is 42. The number of allylic oxidation sites excluding steroid dienone is 1. The predicted molar refractivity (Wildman–Crippen MR) is 229 cm³/mol. The minimum absolute atomic E-state index is 0.0442. The molecule has 0 saturated heterocycles. The normalized spacial score (nSPS) is 11.9. The highest BCUT2D eigenvalue weighted by Gasteiger charge is 2.11. The third-order valence-corrected chi connectivity index (χ3v) is 9.82. The van der Waals surface area contributed by atoms with E-state index in [9.17, 15) is 14.7 Å². The molecule has 0 aliphatic carbocycles. The van der Waals surface area contributed by atoms with Gasteiger partial charge in [0.1, 0.15) is 0 Å². The van der Waals surface area contributed by atoms with Gasteiger partial charge in [0.25, 0.3) is 0 Å². The van der Waals surface area contributed by atoms with E-state index in [1.54, 1.807) is 0 Å². The molecule has 0 aliphatic rings. The van der Waals surface area contributed by atoms with Crippen LogP contribution in [0, 0.1) is 11.8 Å². The number of nitrogens with zero attached hydrogens (tertiary/aromatic N) is 1. The summed E-state index contributed by atoms with van der Waals surface area (Å²) in [6.45, 7) is 11.7. The number of hydrogen-bond acceptors (Lipinski definition) is 8. The Kier molecular flexibility index (Phi) is 43.2. The van der Waals surface area contributed by atoms with Crippen LogP contribution in [0.4, 0.5) is 0 Å². The fourth-order valence-electron chi connectivity index (χ4n) is 6.33. The molecule has 1 atom stereocenters. The summed E-state index contributed by atoms with van der Waals surface area (Å²) in [6.07, 6.45) is 34.1. The largest absolute Gasteiger partial charge is 0.466 e. The maximum absolute atomic E-state index is 12.3. The lowest BCUT2D eigenvalue weighted by Gasteiger charge is -2.21. The molecule has 0 heterocycles. The van der Waals surface area contributed by atoms with Crippen molar-refractivity contribution in [3.63, 3.8) is 0 Å². The Labute approximate surface area is 339 Å². The van der Waals surface area contributed by atoms with E-state index in [0.717, 1.165) is 116 Å². The van der Waals surface area contributed by atoms with Gasteiger partial charge < -0.3 is 29.0 Å². The zero-order valence-corrected chi connectivity index (χ0v) is 36.2. The summed E-state index contributed by atoms with van der Waals surface area (Å²) >= 11 is 0. The Morgan fingerprint density at radius 1 is 0.545 bits per heavy atom. The van der Waals surface area contributed by atoms with Crippen molar-refractivity contribution in [3.8, 4) is 11.8 Å². The average molecular weight is 778 g/mol. The maximum atomic E-state index is 12.3. The van der Waals surface area contributed by atoms with Gasteiger partial charge in [0.2, 0.25) is 0 Å². The lowest BCUT2D eigenvalue weighted by molar-refractivity contribution is -0.145. The van der Waals surface area contributed by atoms with Crippen molar-refractivity contribution in [1.82, 2.24) is 4.90 Å². The molecule has 0 saturated carbocycles. The second-order valence-corrected chi connectivity index (χ2v) is 15.1. The summed E-state index contributed by atoms with van der Waals surface area (Å²) in [7, 11) is 0. The zero-order chi connectivity index (χ0) is 40.1. The SMILES string of the molecule is CCCC/C=C/COC(CCCCC(=O)OCCCCCCN(CCO)CCCCCCCC(=O)OCCCCCCCCC)OCCC#CCCCCC. The molecule has 322 valence electrons. The summed E-state index contributed by atoms with van der Waals surface area (Å²) in [5.41, 5.74) is 0. The maximum Gasteiger partial charge on any atom is 0.305 e. The van der Waals surface area contributed by atoms with Crippen molar-refractivity contribution < 1.29 is 33.6 Å². The molecule has 0 amide bonds. The van der Waals surface area contributed by atoms with Crippen LogP contribution in [-0.4, -0.2) is 80.9 Å². The lowest BCUT2D eigenvalue weighted by Crippen LogP contribution is -2.29. The molecule has 0 fully saturated rings. The summed E-state index contributed by atoms with van der Waals surface area (Å²) in [5, 5.41) is 9.52. The van der Waals surface area contributed by atoms with Crippen LogP contribution >= 0.6 is 0 Å². The van der Waals surface area contributed by atoms with E-state index in [1.165, 1.54) is 64.2 Å². The Morgan fingerprint density at radius 3 is 1.69 bits per heavy atom. The van der Waals surface area contributed by atoms with Crippen molar-refractivity contribution in [2.24, 2.45) is 0 Å². The van der Waals surface area contributed by atoms with Crippen molar-refractivity contribution in [1.29, 1.82) is 0 Å².